The molecule has 0 unspecified atom stereocenters. The molecule has 0 aliphatic rings. The van der Waals surface area contributed by atoms with Gasteiger partial charge in [-0.2, -0.15) is 0 Å². The van der Waals surface area contributed by atoms with Crippen LogP contribution in [0.15, 0.2) is 151 Å². The third kappa shape index (κ3) is 9.60. The molecule has 0 spiro atoms. The Morgan fingerprint density at radius 1 is 0.667 bits per heavy atom. The van der Waals surface area contributed by atoms with E-state index in [-0.39, 0.29) is 122 Å². The van der Waals surface area contributed by atoms with Gasteiger partial charge in [0.15, 0.2) is 0 Å². The van der Waals surface area contributed by atoms with Gasteiger partial charge in [-0.3, -0.25) is 9.59 Å². The van der Waals surface area contributed by atoms with Gasteiger partial charge in [-0.25, -0.2) is 4.98 Å². The van der Waals surface area contributed by atoms with Crippen molar-refractivity contribution in [3.63, 3.8) is 0 Å². The number of carbonyl (C=O) groups excluding carboxylic acids is 2. The Bertz CT molecular complexity index is 3210. The minimum atomic E-state index is -0.181. The maximum atomic E-state index is 12.0. The third-order valence-corrected chi connectivity index (χ3v) is 9.90. The van der Waals surface area contributed by atoms with E-state index in [0.717, 1.165) is 27.5 Å². The first-order chi connectivity index (χ1) is 28.1. The molecule has 0 fully saturated rings. The number of pyridine rings is 2. The zero-order chi connectivity index (χ0) is 40.9. The minimum absolute atomic E-state index is 0. The van der Waals surface area contributed by atoms with Gasteiger partial charge < -0.3 is 36.2 Å². The zero-order valence-electron chi connectivity index (χ0n) is 35.4. The number of hydrogen-bond donors (Lipinski definition) is 2. The first kappa shape index (κ1) is 46.8. The number of para-hydroxylation sites is 2. The van der Waals surface area contributed by atoms with Crippen molar-refractivity contribution < 1.29 is 124 Å². The van der Waals surface area contributed by atoms with Crippen molar-refractivity contribution in [2.75, 3.05) is 5.73 Å². The monoisotopic (exact) mass is 845 g/mol. The van der Waals surface area contributed by atoms with Gasteiger partial charge >= 0.3 is 103 Å². The maximum Gasteiger partial charge on any atom is 1.00 e. The molecule has 0 amide bonds. The number of nitrogens with one attached hydrogen (secondary N) is 1. The van der Waals surface area contributed by atoms with Gasteiger partial charge in [0, 0.05) is 56.1 Å². The van der Waals surface area contributed by atoms with E-state index in [1.165, 1.54) is 68.6 Å². The van der Waals surface area contributed by atoms with E-state index in [0.29, 0.717) is 11.2 Å². The van der Waals surface area contributed by atoms with Crippen molar-refractivity contribution in [3.8, 4) is 11.4 Å². The van der Waals surface area contributed by atoms with Crippen LogP contribution in [-0.2, 0) is 14.5 Å². The number of ketones is 1. The number of hydrogen-bond acceptors (Lipinski definition) is 7. The number of benzene rings is 6. The van der Waals surface area contributed by atoms with Crippen LogP contribution in [0, 0.1) is 13.8 Å². The van der Waals surface area contributed by atoms with Crippen LogP contribution in [0.25, 0.3) is 76.5 Å². The molecule has 10 aromatic rings. The van der Waals surface area contributed by atoms with Gasteiger partial charge in [-0.1, -0.05) is 60.7 Å². The fourth-order valence-corrected chi connectivity index (χ4v) is 7.60. The molecule has 10 rings (SSSR count). The minimum Gasteiger partial charge on any atom is -1.00 e. The fraction of sp³-hybridized carbons (Fsp3) is 0.0833. The molecule has 290 valence electrons. The summed E-state index contributed by atoms with van der Waals surface area (Å²) in [5, 5.41) is 17.3. The van der Waals surface area contributed by atoms with Crippen molar-refractivity contribution >= 4 is 83.2 Å². The first-order valence-corrected chi connectivity index (χ1v) is 18.6. The second-order valence-electron chi connectivity index (χ2n) is 13.9. The molecular formula is C48H41K2N5O5. The molecule has 4 aromatic heterocycles. The Balaban J connectivity index is 0.000000220. The molecule has 0 aliphatic heterocycles. The summed E-state index contributed by atoms with van der Waals surface area (Å²) in [7, 11) is 0. The molecule has 0 aliphatic carbocycles. The second-order valence-corrected chi connectivity index (χ2v) is 13.9. The number of aryl methyl sites for hydroxylation is 2. The van der Waals surface area contributed by atoms with Crippen molar-refractivity contribution in [1.82, 2.24) is 19.1 Å². The number of anilines is 1. The predicted molar refractivity (Wildman–Crippen MR) is 233 cm³/mol. The molecule has 3 N–H and O–H groups in total. The van der Waals surface area contributed by atoms with Crippen LogP contribution < -0.4 is 119 Å². The number of Topliss-reactive ketones (excluding diaryl/α,β-unsaturated/α-hetero) is 1. The van der Waals surface area contributed by atoms with E-state index < -0.39 is 0 Å². The average molecular weight is 846 g/mol. The van der Waals surface area contributed by atoms with Crippen molar-refractivity contribution in [3.05, 3.63) is 167 Å². The van der Waals surface area contributed by atoms with Crippen LogP contribution in [-0.4, -0.2) is 31.4 Å². The molecule has 0 radical (unpaired) electrons. The van der Waals surface area contributed by atoms with Gasteiger partial charge in [-0.05, 0) is 122 Å². The summed E-state index contributed by atoms with van der Waals surface area (Å²) >= 11 is 0. The molecule has 4 heterocycles. The van der Waals surface area contributed by atoms with Crippen LogP contribution in [0.3, 0.4) is 0 Å². The number of aromatic amines is 1. The molecule has 0 saturated heterocycles. The van der Waals surface area contributed by atoms with E-state index in [1.807, 2.05) is 24.3 Å². The molecule has 10 nitrogen and oxygen atoms in total. The Hall–Kier alpha value is -4.29. The molecule has 60 heavy (non-hydrogen) atoms. The number of H-pyrrole nitrogens is 1. The van der Waals surface area contributed by atoms with E-state index in [9.17, 15) is 9.59 Å². The normalized spacial score (nSPS) is 10.4. The van der Waals surface area contributed by atoms with Gasteiger partial charge in [0.1, 0.15) is 11.6 Å². The smallest absolute Gasteiger partial charge is 1.00 e. The van der Waals surface area contributed by atoms with E-state index in [1.54, 1.807) is 12.4 Å². The van der Waals surface area contributed by atoms with E-state index >= 15 is 0 Å². The van der Waals surface area contributed by atoms with Crippen LogP contribution in [0.2, 0.25) is 0 Å². The summed E-state index contributed by atoms with van der Waals surface area (Å²) in [5.74, 6) is 0.738. The fourth-order valence-electron chi connectivity index (χ4n) is 7.60. The molecule has 6 aromatic carbocycles. The summed E-state index contributed by atoms with van der Waals surface area (Å²) < 4.78 is 4.60. The summed E-state index contributed by atoms with van der Waals surface area (Å²) in [5.41, 5.74) is 15.5. The van der Waals surface area contributed by atoms with Crippen LogP contribution in [0.5, 0.6) is 0 Å². The molecule has 12 heteroatoms. The summed E-state index contributed by atoms with van der Waals surface area (Å²) in [6, 6.07) is 46.3. The molecule has 0 saturated carbocycles. The number of nitrogens with two attached hydrogens (primary N) is 1. The quantitative estimate of drug-likeness (QED) is 0.120. The first-order valence-electron chi connectivity index (χ1n) is 18.6. The number of nitrogen functional groups attached to an aromatic ring is 1. The standard InChI is InChI=1S/C22H17N3.C22H16N2O.C3H6O.CH2O3.2K.H/c1-14-5-4-8-20-21(14)18-6-2-3-7-19(18)25(20)16-9-10-17-15(13-16)11-12-24-22(17)23;1-14-5-4-8-20-21(14)18-6-2-3-7-19(18)24(20)16-9-10-17-15(13-16)11-12-23-22(17)25;1-3(2)4;2-1-4-3;;;/h2-13H,1H3,(H2,23,24);2-13H,1H3,(H,23,25);1-2H3;1,3H;;;/q;;;;2*+1;-1/p-1. The largest absolute Gasteiger partial charge is 1.00 e. The van der Waals surface area contributed by atoms with Crippen molar-refractivity contribution in [2.24, 2.45) is 0 Å². The van der Waals surface area contributed by atoms with Crippen LogP contribution in [0.1, 0.15) is 26.4 Å². The summed E-state index contributed by atoms with van der Waals surface area (Å²) in [4.78, 5) is 39.6. The molecule has 0 bridgehead atoms. The summed E-state index contributed by atoms with van der Waals surface area (Å²) in [6.07, 6.45) is 3.46. The van der Waals surface area contributed by atoms with Gasteiger partial charge in [-0.15, -0.1) is 0 Å². The Labute approximate surface area is 432 Å². The van der Waals surface area contributed by atoms with Gasteiger partial charge in [0.25, 0.3) is 12.0 Å². The second kappa shape index (κ2) is 21.0. The van der Waals surface area contributed by atoms with Crippen molar-refractivity contribution in [2.45, 2.75) is 27.7 Å². The predicted octanol–water partition coefficient (Wildman–Crippen LogP) is 3.31. The number of rotatable bonds is 3. The van der Waals surface area contributed by atoms with E-state index in [2.05, 4.69) is 147 Å². The number of nitrogens with zero attached hydrogens (tertiary/aromatic N) is 3. The van der Waals surface area contributed by atoms with Crippen LogP contribution in [0.4, 0.5) is 5.82 Å². The van der Waals surface area contributed by atoms with E-state index in [4.69, 9.17) is 15.8 Å². The average Bonchev–Trinajstić information content (AvgIpc) is 3.75. The number of aromatic nitrogens is 4. The molecular weight excluding hydrogens is 805 g/mol. The van der Waals surface area contributed by atoms with Gasteiger partial charge in [0.05, 0.1) is 22.1 Å². The SMILES string of the molecule is CC(C)=O.Cc1cccc2c1c1ccccc1n2-c1ccc2c(=O)[nH]ccc2c1.Cc1cccc2c1c1ccccc1n2-c1ccc2c(N)nccc2c1.O=CO[O-].[H-].[K+].[K+]. The maximum absolute atomic E-state index is 12.0. The Morgan fingerprint density at radius 2 is 1.12 bits per heavy atom. The summed E-state index contributed by atoms with van der Waals surface area (Å²) in [6.45, 7) is 7.20. The molecule has 0 atom stereocenters. The topological polar surface area (TPSA) is 148 Å². The van der Waals surface area contributed by atoms with Gasteiger partial charge in [0.2, 0.25) is 0 Å². The van der Waals surface area contributed by atoms with Crippen LogP contribution >= 0.6 is 0 Å². The Kier molecular flexibility index (Phi) is 16.4. The van der Waals surface area contributed by atoms with Crippen molar-refractivity contribution in [1.29, 1.82) is 0 Å². The number of fused-ring (bicyclic) bond motifs is 8. The Morgan fingerprint density at radius 3 is 1.62 bits per heavy atom. The zero-order valence-corrected chi connectivity index (χ0v) is 40.6. The number of carbonyl (C=O) groups is 2. The third-order valence-electron chi connectivity index (χ3n) is 9.90.